The molecule has 1 aliphatic rings. The SMILES string of the molecule is C[C@@H]1CN(C(=O)COC(C)(C)C)C[C@H](C)O1. The number of morpholine rings is 1. The van der Waals surface area contributed by atoms with E-state index in [2.05, 4.69) is 0 Å². The summed E-state index contributed by atoms with van der Waals surface area (Å²) in [6.07, 6.45) is 0.227. The molecular formula is C12H23NO3. The number of nitrogens with zero attached hydrogens (tertiary/aromatic N) is 1. The van der Waals surface area contributed by atoms with Crippen molar-refractivity contribution in [3.8, 4) is 0 Å². The minimum atomic E-state index is -0.265. The van der Waals surface area contributed by atoms with E-state index in [4.69, 9.17) is 9.47 Å². The van der Waals surface area contributed by atoms with Crippen molar-refractivity contribution in [1.82, 2.24) is 4.90 Å². The highest BCUT2D eigenvalue weighted by Gasteiger charge is 2.26. The first-order valence-electron chi connectivity index (χ1n) is 5.85. The van der Waals surface area contributed by atoms with E-state index in [0.717, 1.165) is 0 Å². The third-order valence-electron chi connectivity index (χ3n) is 2.40. The lowest BCUT2D eigenvalue weighted by atomic mass is 10.2. The zero-order valence-electron chi connectivity index (χ0n) is 10.9. The quantitative estimate of drug-likeness (QED) is 0.719. The molecule has 0 saturated carbocycles. The van der Waals surface area contributed by atoms with E-state index in [1.165, 1.54) is 0 Å². The van der Waals surface area contributed by atoms with Gasteiger partial charge in [-0.25, -0.2) is 0 Å². The molecule has 0 radical (unpaired) electrons. The lowest BCUT2D eigenvalue weighted by Gasteiger charge is -2.35. The van der Waals surface area contributed by atoms with Gasteiger partial charge in [-0.05, 0) is 34.6 Å². The van der Waals surface area contributed by atoms with Gasteiger partial charge in [-0.1, -0.05) is 0 Å². The van der Waals surface area contributed by atoms with Gasteiger partial charge < -0.3 is 14.4 Å². The molecule has 4 heteroatoms. The highest BCUT2D eigenvalue weighted by molar-refractivity contribution is 5.77. The van der Waals surface area contributed by atoms with Crippen LogP contribution in [0, 0.1) is 0 Å². The maximum Gasteiger partial charge on any atom is 0.248 e. The summed E-state index contributed by atoms with van der Waals surface area (Å²) in [5, 5.41) is 0. The molecule has 0 aromatic heterocycles. The van der Waals surface area contributed by atoms with E-state index in [0.29, 0.717) is 13.1 Å². The average Bonchev–Trinajstić information content (AvgIpc) is 2.11. The van der Waals surface area contributed by atoms with Crippen LogP contribution >= 0.6 is 0 Å². The summed E-state index contributed by atoms with van der Waals surface area (Å²) < 4.78 is 11.1. The molecule has 0 aromatic carbocycles. The molecule has 1 heterocycles. The molecule has 94 valence electrons. The van der Waals surface area contributed by atoms with Gasteiger partial charge in [0.05, 0.1) is 17.8 Å². The minimum Gasteiger partial charge on any atom is -0.372 e. The van der Waals surface area contributed by atoms with Gasteiger partial charge in [0.25, 0.3) is 0 Å². The summed E-state index contributed by atoms with van der Waals surface area (Å²) in [7, 11) is 0. The topological polar surface area (TPSA) is 38.8 Å². The Bertz CT molecular complexity index is 237. The molecule has 1 fully saturated rings. The van der Waals surface area contributed by atoms with Crippen molar-refractivity contribution in [2.75, 3.05) is 19.7 Å². The molecular weight excluding hydrogens is 206 g/mol. The number of hydrogen-bond acceptors (Lipinski definition) is 3. The molecule has 4 nitrogen and oxygen atoms in total. The number of ether oxygens (including phenoxy) is 2. The maximum absolute atomic E-state index is 11.9. The minimum absolute atomic E-state index is 0.0527. The first-order valence-corrected chi connectivity index (χ1v) is 5.85. The molecule has 16 heavy (non-hydrogen) atoms. The molecule has 2 atom stereocenters. The Morgan fingerprint density at radius 2 is 1.81 bits per heavy atom. The molecule has 0 bridgehead atoms. The van der Waals surface area contributed by atoms with Crippen molar-refractivity contribution in [3.63, 3.8) is 0 Å². The van der Waals surface area contributed by atoms with Crippen LogP contribution in [0.1, 0.15) is 34.6 Å². The van der Waals surface area contributed by atoms with E-state index in [1.54, 1.807) is 0 Å². The van der Waals surface area contributed by atoms with Gasteiger partial charge in [0, 0.05) is 13.1 Å². The molecule has 1 aliphatic heterocycles. The van der Waals surface area contributed by atoms with Crippen LogP contribution in [0.3, 0.4) is 0 Å². The molecule has 0 aliphatic carbocycles. The van der Waals surface area contributed by atoms with Crippen LogP contribution in [0.15, 0.2) is 0 Å². The highest BCUT2D eigenvalue weighted by Crippen LogP contribution is 2.12. The Hall–Kier alpha value is -0.610. The number of carbonyl (C=O) groups excluding carboxylic acids is 1. The fourth-order valence-corrected chi connectivity index (χ4v) is 1.75. The Balaban J connectivity index is 2.41. The monoisotopic (exact) mass is 229 g/mol. The average molecular weight is 229 g/mol. The summed E-state index contributed by atoms with van der Waals surface area (Å²) in [4.78, 5) is 13.7. The molecule has 0 N–H and O–H groups in total. The third kappa shape index (κ3) is 4.49. The second-order valence-corrected chi connectivity index (χ2v) is 5.46. The number of carbonyl (C=O) groups is 1. The van der Waals surface area contributed by atoms with Crippen LogP contribution in [0.25, 0.3) is 0 Å². The molecule has 1 amide bonds. The summed E-state index contributed by atoms with van der Waals surface area (Å²) in [6.45, 7) is 11.3. The maximum atomic E-state index is 11.9. The predicted molar refractivity (Wildman–Crippen MR) is 62.3 cm³/mol. The van der Waals surface area contributed by atoms with E-state index in [1.807, 2.05) is 39.5 Å². The Morgan fingerprint density at radius 3 is 2.25 bits per heavy atom. The number of hydrogen-bond donors (Lipinski definition) is 0. The van der Waals surface area contributed by atoms with Crippen molar-refractivity contribution in [2.45, 2.75) is 52.4 Å². The van der Waals surface area contributed by atoms with E-state index in [9.17, 15) is 4.79 Å². The number of rotatable bonds is 2. The molecule has 0 unspecified atom stereocenters. The van der Waals surface area contributed by atoms with Gasteiger partial charge >= 0.3 is 0 Å². The normalized spacial score (nSPS) is 26.9. The molecule has 1 saturated heterocycles. The second-order valence-electron chi connectivity index (χ2n) is 5.46. The van der Waals surface area contributed by atoms with Crippen LogP contribution in [-0.2, 0) is 14.3 Å². The Morgan fingerprint density at radius 1 is 1.31 bits per heavy atom. The molecule has 0 spiro atoms. The van der Waals surface area contributed by atoms with Crippen LogP contribution in [0.4, 0.5) is 0 Å². The zero-order chi connectivity index (χ0) is 12.3. The van der Waals surface area contributed by atoms with Gasteiger partial charge in [-0.15, -0.1) is 0 Å². The lowest BCUT2D eigenvalue weighted by molar-refractivity contribution is -0.152. The highest BCUT2D eigenvalue weighted by atomic mass is 16.5. The smallest absolute Gasteiger partial charge is 0.248 e. The van der Waals surface area contributed by atoms with E-state index < -0.39 is 0 Å². The summed E-state index contributed by atoms with van der Waals surface area (Å²) >= 11 is 0. The van der Waals surface area contributed by atoms with Crippen LogP contribution in [-0.4, -0.2) is 48.3 Å². The van der Waals surface area contributed by atoms with Crippen molar-refractivity contribution < 1.29 is 14.3 Å². The Labute approximate surface area is 97.9 Å². The van der Waals surface area contributed by atoms with Gasteiger partial charge in [0.1, 0.15) is 6.61 Å². The van der Waals surface area contributed by atoms with E-state index in [-0.39, 0.29) is 30.3 Å². The number of amides is 1. The first kappa shape index (κ1) is 13.5. The van der Waals surface area contributed by atoms with E-state index >= 15 is 0 Å². The van der Waals surface area contributed by atoms with Crippen molar-refractivity contribution in [1.29, 1.82) is 0 Å². The van der Waals surface area contributed by atoms with Crippen LogP contribution in [0.5, 0.6) is 0 Å². The van der Waals surface area contributed by atoms with Crippen molar-refractivity contribution in [2.24, 2.45) is 0 Å². The first-order chi connectivity index (χ1) is 7.28. The van der Waals surface area contributed by atoms with Crippen molar-refractivity contribution >= 4 is 5.91 Å². The Kier molecular flexibility index (Phi) is 4.33. The third-order valence-corrected chi connectivity index (χ3v) is 2.40. The molecule has 0 aromatic rings. The largest absolute Gasteiger partial charge is 0.372 e. The summed E-state index contributed by atoms with van der Waals surface area (Å²) in [5.41, 5.74) is -0.265. The van der Waals surface area contributed by atoms with Gasteiger partial charge in [0.2, 0.25) is 5.91 Å². The lowest BCUT2D eigenvalue weighted by Crippen LogP contribution is -2.49. The van der Waals surface area contributed by atoms with Crippen LogP contribution < -0.4 is 0 Å². The van der Waals surface area contributed by atoms with Crippen LogP contribution in [0.2, 0.25) is 0 Å². The van der Waals surface area contributed by atoms with Gasteiger partial charge in [-0.3, -0.25) is 4.79 Å². The van der Waals surface area contributed by atoms with Gasteiger partial charge in [0.15, 0.2) is 0 Å². The summed E-state index contributed by atoms with van der Waals surface area (Å²) in [5.74, 6) is 0.0527. The standard InChI is InChI=1S/C12H23NO3/c1-9-6-13(7-10(2)16-9)11(14)8-15-12(3,4)5/h9-10H,6-8H2,1-5H3/t9-,10+. The summed E-state index contributed by atoms with van der Waals surface area (Å²) in [6, 6.07) is 0. The fraction of sp³-hybridized carbons (Fsp3) is 0.917. The van der Waals surface area contributed by atoms with Gasteiger partial charge in [-0.2, -0.15) is 0 Å². The second kappa shape index (κ2) is 5.15. The predicted octanol–water partition coefficient (Wildman–Crippen LogP) is 1.44. The fourth-order valence-electron chi connectivity index (χ4n) is 1.75. The zero-order valence-corrected chi connectivity index (χ0v) is 10.9. The van der Waals surface area contributed by atoms with Crippen molar-refractivity contribution in [3.05, 3.63) is 0 Å². The molecule has 1 rings (SSSR count).